The fourth-order valence-electron chi connectivity index (χ4n) is 2.47. The predicted octanol–water partition coefficient (Wildman–Crippen LogP) is 5.39. The molecule has 0 aliphatic carbocycles. The van der Waals surface area contributed by atoms with Gasteiger partial charge in [0, 0.05) is 23.3 Å². The lowest BCUT2D eigenvalue weighted by Gasteiger charge is -2.05. The van der Waals surface area contributed by atoms with Gasteiger partial charge in [-0.2, -0.15) is 0 Å². The Hall–Kier alpha value is -2.25. The zero-order valence-electron chi connectivity index (χ0n) is 13.3. The van der Waals surface area contributed by atoms with Crippen molar-refractivity contribution in [3.63, 3.8) is 0 Å². The number of aromatic nitrogens is 3. The second-order valence-electron chi connectivity index (χ2n) is 5.44. The van der Waals surface area contributed by atoms with Crippen molar-refractivity contribution in [1.82, 2.24) is 14.7 Å². The lowest BCUT2D eigenvalue weighted by atomic mass is 10.2. The molecule has 0 bridgehead atoms. The monoisotopic (exact) mass is 415 g/mol. The van der Waals surface area contributed by atoms with Crippen molar-refractivity contribution in [1.29, 1.82) is 0 Å². The number of hydrogen-bond acceptors (Lipinski definition) is 5. The molecule has 126 valence electrons. The topological polar surface area (TPSA) is 57.0 Å². The average Bonchev–Trinajstić information content (AvgIpc) is 3.35. The molecule has 0 fully saturated rings. The minimum Gasteiger partial charge on any atom is -0.461 e. The molecule has 3 aromatic heterocycles. The van der Waals surface area contributed by atoms with Crippen LogP contribution in [0.4, 0.5) is 0 Å². The van der Waals surface area contributed by atoms with E-state index in [1.807, 2.05) is 43.6 Å². The van der Waals surface area contributed by atoms with Gasteiger partial charge in [0.2, 0.25) is 5.76 Å². The first kappa shape index (κ1) is 16.2. The van der Waals surface area contributed by atoms with Crippen molar-refractivity contribution < 1.29 is 8.94 Å². The zero-order chi connectivity index (χ0) is 17.2. The summed E-state index contributed by atoms with van der Waals surface area (Å²) in [6, 6.07) is 13.8. The van der Waals surface area contributed by atoms with E-state index in [0.29, 0.717) is 17.3 Å². The summed E-state index contributed by atoms with van der Waals surface area (Å²) in [5.41, 5.74) is 3.06. The second-order valence-corrected chi connectivity index (χ2v) is 7.30. The van der Waals surface area contributed by atoms with Gasteiger partial charge in [0.25, 0.3) is 0 Å². The van der Waals surface area contributed by atoms with Crippen LogP contribution >= 0.6 is 27.7 Å². The largest absolute Gasteiger partial charge is 0.461 e. The molecule has 0 aliphatic rings. The molecule has 0 aliphatic heterocycles. The Labute approximate surface area is 157 Å². The van der Waals surface area contributed by atoms with Gasteiger partial charge >= 0.3 is 0 Å². The molecule has 4 aromatic rings. The van der Waals surface area contributed by atoms with Crippen LogP contribution in [0, 0.1) is 0 Å². The minimum atomic E-state index is 0.635. The Morgan fingerprint density at radius 2 is 2.00 bits per heavy atom. The fourth-order valence-corrected chi connectivity index (χ4v) is 3.57. The smallest absolute Gasteiger partial charge is 0.202 e. The van der Waals surface area contributed by atoms with Gasteiger partial charge in [-0.3, -0.25) is 0 Å². The third-order valence-corrected chi connectivity index (χ3v) is 5.36. The molecule has 25 heavy (non-hydrogen) atoms. The Morgan fingerprint density at radius 3 is 2.76 bits per heavy atom. The number of imidazole rings is 1. The van der Waals surface area contributed by atoms with Crippen molar-refractivity contribution in [3.05, 3.63) is 65.1 Å². The molecule has 0 atom stereocenters. The van der Waals surface area contributed by atoms with E-state index in [9.17, 15) is 0 Å². The standard InChI is InChI=1S/C18H14BrN3O2S/c1-22-15(12-4-6-13(19)7-5-12)10-20-18(22)25-11-14-9-17(24-21-14)16-3-2-8-23-16/h2-10H,11H2,1H3. The number of halogens is 1. The molecule has 0 saturated carbocycles. The molecule has 0 amide bonds. The number of thioether (sulfide) groups is 1. The van der Waals surface area contributed by atoms with E-state index in [-0.39, 0.29) is 0 Å². The molecule has 4 rings (SSSR count). The average molecular weight is 416 g/mol. The van der Waals surface area contributed by atoms with Gasteiger partial charge in [-0.25, -0.2) is 4.98 Å². The van der Waals surface area contributed by atoms with Crippen LogP contribution in [0.5, 0.6) is 0 Å². The van der Waals surface area contributed by atoms with E-state index in [0.717, 1.165) is 26.6 Å². The molecule has 1 aromatic carbocycles. The van der Waals surface area contributed by atoms with Crippen molar-refractivity contribution >= 4 is 27.7 Å². The van der Waals surface area contributed by atoms with Crippen LogP contribution in [-0.4, -0.2) is 14.7 Å². The Bertz CT molecular complexity index is 974. The summed E-state index contributed by atoms with van der Waals surface area (Å²) in [6.07, 6.45) is 3.51. The fraction of sp³-hybridized carbons (Fsp3) is 0.111. The normalized spacial score (nSPS) is 11.1. The Balaban J connectivity index is 1.48. The third-order valence-electron chi connectivity index (χ3n) is 3.76. The first-order valence-corrected chi connectivity index (χ1v) is 9.38. The molecule has 0 unspecified atom stereocenters. The molecule has 5 nitrogen and oxygen atoms in total. The number of nitrogens with zero attached hydrogens (tertiary/aromatic N) is 3. The van der Waals surface area contributed by atoms with Gasteiger partial charge in [-0.15, -0.1) is 0 Å². The maximum atomic E-state index is 5.32. The van der Waals surface area contributed by atoms with Crippen molar-refractivity contribution in [2.75, 3.05) is 0 Å². The van der Waals surface area contributed by atoms with Crippen LogP contribution in [0.2, 0.25) is 0 Å². The van der Waals surface area contributed by atoms with E-state index in [2.05, 4.69) is 42.8 Å². The van der Waals surface area contributed by atoms with Gasteiger partial charge in [0.1, 0.15) is 0 Å². The minimum absolute atomic E-state index is 0.635. The van der Waals surface area contributed by atoms with Crippen molar-refractivity contribution in [2.24, 2.45) is 7.05 Å². The first-order chi connectivity index (χ1) is 12.2. The molecule has 7 heteroatoms. The van der Waals surface area contributed by atoms with Crippen molar-refractivity contribution in [3.8, 4) is 22.8 Å². The highest BCUT2D eigenvalue weighted by Gasteiger charge is 2.12. The quantitative estimate of drug-likeness (QED) is 0.409. The predicted molar refractivity (Wildman–Crippen MR) is 100 cm³/mol. The van der Waals surface area contributed by atoms with E-state index in [4.69, 9.17) is 8.94 Å². The molecule has 0 saturated heterocycles. The summed E-state index contributed by atoms with van der Waals surface area (Å²) in [6.45, 7) is 0. The molecular formula is C18H14BrN3O2S. The third kappa shape index (κ3) is 3.43. The van der Waals surface area contributed by atoms with Crippen LogP contribution in [0.15, 0.2) is 73.5 Å². The Morgan fingerprint density at radius 1 is 1.16 bits per heavy atom. The van der Waals surface area contributed by atoms with Crippen LogP contribution in [0.1, 0.15) is 5.69 Å². The number of furan rings is 1. The number of hydrogen-bond donors (Lipinski definition) is 0. The van der Waals surface area contributed by atoms with E-state index >= 15 is 0 Å². The SMILES string of the molecule is Cn1c(-c2ccc(Br)cc2)cnc1SCc1cc(-c2ccco2)on1. The maximum Gasteiger partial charge on any atom is 0.202 e. The summed E-state index contributed by atoms with van der Waals surface area (Å²) in [4.78, 5) is 4.52. The second kappa shape index (κ2) is 6.93. The number of benzene rings is 1. The summed E-state index contributed by atoms with van der Waals surface area (Å²) >= 11 is 5.08. The van der Waals surface area contributed by atoms with Crippen LogP contribution < -0.4 is 0 Å². The zero-order valence-corrected chi connectivity index (χ0v) is 15.8. The maximum absolute atomic E-state index is 5.32. The van der Waals surface area contributed by atoms with Crippen LogP contribution in [0.25, 0.3) is 22.8 Å². The summed E-state index contributed by atoms with van der Waals surface area (Å²) in [5, 5.41) is 5.02. The molecular weight excluding hydrogens is 402 g/mol. The molecule has 3 heterocycles. The lowest BCUT2D eigenvalue weighted by Crippen LogP contribution is -1.94. The van der Waals surface area contributed by atoms with Gasteiger partial charge in [0.05, 0.1) is 23.8 Å². The van der Waals surface area contributed by atoms with Crippen LogP contribution in [0.3, 0.4) is 0 Å². The molecule has 0 N–H and O–H groups in total. The van der Waals surface area contributed by atoms with Gasteiger partial charge in [-0.05, 0) is 29.8 Å². The molecule has 0 radical (unpaired) electrons. The van der Waals surface area contributed by atoms with E-state index in [1.54, 1.807) is 18.0 Å². The summed E-state index contributed by atoms with van der Waals surface area (Å²) in [7, 11) is 2.02. The summed E-state index contributed by atoms with van der Waals surface area (Å²) < 4.78 is 13.8. The van der Waals surface area contributed by atoms with E-state index < -0.39 is 0 Å². The van der Waals surface area contributed by atoms with Gasteiger partial charge in [0.15, 0.2) is 10.9 Å². The number of rotatable bonds is 5. The lowest BCUT2D eigenvalue weighted by molar-refractivity contribution is 0.413. The highest BCUT2D eigenvalue weighted by molar-refractivity contribution is 9.10. The van der Waals surface area contributed by atoms with Gasteiger partial charge < -0.3 is 13.5 Å². The first-order valence-electron chi connectivity index (χ1n) is 7.60. The van der Waals surface area contributed by atoms with Crippen molar-refractivity contribution in [2.45, 2.75) is 10.9 Å². The van der Waals surface area contributed by atoms with Crippen LogP contribution in [-0.2, 0) is 12.8 Å². The highest BCUT2D eigenvalue weighted by Crippen LogP contribution is 2.29. The molecule has 0 spiro atoms. The van der Waals surface area contributed by atoms with E-state index in [1.165, 1.54) is 0 Å². The highest BCUT2D eigenvalue weighted by atomic mass is 79.9. The Kier molecular flexibility index (Phi) is 4.50. The van der Waals surface area contributed by atoms with Gasteiger partial charge in [-0.1, -0.05) is 45.0 Å². The summed E-state index contributed by atoms with van der Waals surface area (Å²) in [5.74, 6) is 1.99.